The van der Waals surface area contributed by atoms with E-state index in [0.717, 1.165) is 42.8 Å². The molecule has 0 aromatic heterocycles. The summed E-state index contributed by atoms with van der Waals surface area (Å²) in [5, 5.41) is 13.6. The van der Waals surface area contributed by atoms with Crippen LogP contribution in [0.5, 0.6) is 0 Å². The lowest BCUT2D eigenvalue weighted by molar-refractivity contribution is -0.892. The Labute approximate surface area is 160 Å². The highest BCUT2D eigenvalue weighted by Crippen LogP contribution is 2.22. The van der Waals surface area contributed by atoms with Gasteiger partial charge >= 0.3 is 0 Å². The first-order valence-corrected chi connectivity index (χ1v) is 8.88. The van der Waals surface area contributed by atoms with Crippen LogP contribution in [0.15, 0.2) is 42.5 Å². The Morgan fingerprint density at radius 2 is 1.89 bits per heavy atom. The van der Waals surface area contributed by atoms with Gasteiger partial charge in [0.25, 0.3) is 11.6 Å². The number of carbonyl (C=O) groups is 1. The third-order valence-corrected chi connectivity index (χ3v) is 4.82. The van der Waals surface area contributed by atoms with Crippen molar-refractivity contribution in [3.05, 3.63) is 63.4 Å². The predicted molar refractivity (Wildman–Crippen MR) is 101 cm³/mol. The van der Waals surface area contributed by atoms with E-state index >= 15 is 0 Å². The molecule has 0 bridgehead atoms. The lowest BCUT2D eigenvalue weighted by Gasteiger charge is -2.33. The summed E-state index contributed by atoms with van der Waals surface area (Å²) >= 11 is 5.92. The first-order valence-electron chi connectivity index (χ1n) is 8.50. The molecule has 1 amide bonds. The van der Waals surface area contributed by atoms with E-state index in [4.69, 9.17) is 11.6 Å². The number of quaternary nitrogens is 1. The molecule has 2 aromatic carbocycles. The van der Waals surface area contributed by atoms with Gasteiger partial charge in [-0.1, -0.05) is 11.6 Å². The average Bonchev–Trinajstić information content (AvgIpc) is 2.65. The molecule has 0 aliphatic carbocycles. The van der Waals surface area contributed by atoms with E-state index in [1.165, 1.54) is 24.3 Å². The van der Waals surface area contributed by atoms with Crippen LogP contribution in [0.1, 0.15) is 0 Å². The van der Waals surface area contributed by atoms with Gasteiger partial charge in [0.05, 0.1) is 41.8 Å². The van der Waals surface area contributed by atoms with E-state index in [1.54, 1.807) is 12.1 Å². The monoisotopic (exact) mass is 393 g/mol. The summed E-state index contributed by atoms with van der Waals surface area (Å²) in [6.45, 7) is 3.32. The fourth-order valence-electron chi connectivity index (χ4n) is 3.06. The number of amides is 1. The predicted octanol–water partition coefficient (Wildman–Crippen LogP) is 1.73. The molecule has 2 aromatic rings. The highest BCUT2D eigenvalue weighted by Gasteiger charge is 2.23. The van der Waals surface area contributed by atoms with Crippen LogP contribution in [-0.4, -0.2) is 43.6 Å². The average molecular weight is 394 g/mol. The zero-order valence-electron chi connectivity index (χ0n) is 14.5. The number of nitrogens with zero attached hydrogens (tertiary/aromatic N) is 2. The molecule has 1 heterocycles. The van der Waals surface area contributed by atoms with Crippen molar-refractivity contribution in [1.82, 2.24) is 0 Å². The summed E-state index contributed by atoms with van der Waals surface area (Å²) in [6.07, 6.45) is 0. The quantitative estimate of drug-likeness (QED) is 0.599. The highest BCUT2D eigenvalue weighted by molar-refractivity contribution is 6.33. The van der Waals surface area contributed by atoms with Crippen molar-refractivity contribution in [2.45, 2.75) is 0 Å². The molecule has 0 saturated carbocycles. The largest absolute Gasteiger partial charge is 0.360 e. The molecule has 27 heavy (non-hydrogen) atoms. The Morgan fingerprint density at radius 3 is 2.48 bits per heavy atom. The van der Waals surface area contributed by atoms with Crippen LogP contribution in [0.4, 0.5) is 21.5 Å². The van der Waals surface area contributed by atoms with Crippen molar-refractivity contribution < 1.29 is 19.0 Å². The number of piperazine rings is 1. The molecule has 0 unspecified atom stereocenters. The van der Waals surface area contributed by atoms with Gasteiger partial charge in [0.2, 0.25) is 0 Å². The van der Waals surface area contributed by atoms with Gasteiger partial charge in [-0.3, -0.25) is 14.9 Å². The molecule has 7 nitrogen and oxygen atoms in total. The Hall–Kier alpha value is -2.71. The number of hydrogen-bond acceptors (Lipinski definition) is 4. The molecule has 1 fully saturated rings. The SMILES string of the molecule is O=C(C[NH+]1CCN(c2ccc([N+](=O)[O-])cc2)CC1)Nc1ccc(F)cc1Cl. The van der Waals surface area contributed by atoms with Crippen LogP contribution in [-0.2, 0) is 4.79 Å². The van der Waals surface area contributed by atoms with Gasteiger partial charge in [-0.05, 0) is 30.3 Å². The second kappa shape index (κ2) is 8.32. The Bertz CT molecular complexity index is 839. The molecule has 142 valence electrons. The highest BCUT2D eigenvalue weighted by atomic mass is 35.5. The lowest BCUT2D eigenvalue weighted by atomic mass is 10.2. The van der Waals surface area contributed by atoms with E-state index < -0.39 is 10.7 Å². The molecular formula is C18H19ClFN4O3+. The summed E-state index contributed by atoms with van der Waals surface area (Å²) in [7, 11) is 0. The van der Waals surface area contributed by atoms with Gasteiger partial charge in [0, 0.05) is 17.8 Å². The normalized spacial score (nSPS) is 14.8. The molecular weight excluding hydrogens is 375 g/mol. The zero-order valence-corrected chi connectivity index (χ0v) is 15.2. The summed E-state index contributed by atoms with van der Waals surface area (Å²) in [6, 6.07) is 10.3. The van der Waals surface area contributed by atoms with Crippen LogP contribution >= 0.6 is 11.6 Å². The van der Waals surface area contributed by atoms with Crippen molar-refractivity contribution in [2.24, 2.45) is 0 Å². The van der Waals surface area contributed by atoms with E-state index in [2.05, 4.69) is 10.2 Å². The number of benzene rings is 2. The lowest BCUT2D eigenvalue weighted by Crippen LogP contribution is -3.15. The van der Waals surface area contributed by atoms with Crippen LogP contribution in [0, 0.1) is 15.9 Å². The molecule has 0 radical (unpaired) electrons. The zero-order chi connectivity index (χ0) is 19.4. The van der Waals surface area contributed by atoms with Crippen LogP contribution in [0.25, 0.3) is 0 Å². The molecule has 1 saturated heterocycles. The minimum atomic E-state index is -0.453. The van der Waals surface area contributed by atoms with Crippen molar-refractivity contribution in [1.29, 1.82) is 0 Å². The minimum Gasteiger partial charge on any atom is -0.360 e. The van der Waals surface area contributed by atoms with Gasteiger partial charge in [-0.25, -0.2) is 4.39 Å². The third kappa shape index (κ3) is 4.93. The molecule has 1 aliphatic heterocycles. The van der Waals surface area contributed by atoms with Gasteiger partial charge in [-0.15, -0.1) is 0 Å². The standard InChI is InChI=1S/C18H18ClFN4O3/c19-16-11-13(20)1-6-17(16)21-18(25)12-22-7-9-23(10-8-22)14-2-4-15(5-3-14)24(26)27/h1-6,11H,7-10,12H2,(H,21,25)/p+1. The van der Waals surface area contributed by atoms with Crippen molar-refractivity contribution in [2.75, 3.05) is 42.9 Å². The van der Waals surface area contributed by atoms with Crippen LogP contribution in [0.2, 0.25) is 5.02 Å². The van der Waals surface area contributed by atoms with E-state index in [9.17, 15) is 19.3 Å². The fraction of sp³-hybridized carbons (Fsp3) is 0.278. The maximum Gasteiger partial charge on any atom is 0.279 e. The number of anilines is 2. The molecule has 3 rings (SSSR count). The summed E-state index contributed by atoms with van der Waals surface area (Å²) in [4.78, 5) is 25.8. The number of halogens is 2. The van der Waals surface area contributed by atoms with E-state index in [-0.39, 0.29) is 16.6 Å². The first kappa shape index (κ1) is 19.1. The summed E-state index contributed by atoms with van der Waals surface area (Å²) < 4.78 is 13.1. The van der Waals surface area contributed by atoms with Crippen LogP contribution < -0.4 is 15.1 Å². The van der Waals surface area contributed by atoms with Gasteiger partial charge in [0.1, 0.15) is 5.82 Å². The minimum absolute atomic E-state index is 0.0686. The van der Waals surface area contributed by atoms with Gasteiger partial charge < -0.3 is 15.1 Å². The fourth-order valence-corrected chi connectivity index (χ4v) is 3.27. The summed E-state index contributed by atoms with van der Waals surface area (Å²) in [5.74, 6) is -0.631. The van der Waals surface area contributed by atoms with Crippen molar-refractivity contribution in [3.8, 4) is 0 Å². The Balaban J connectivity index is 1.50. The number of carbonyl (C=O) groups excluding carboxylic acids is 1. The van der Waals surface area contributed by atoms with Crippen LogP contribution in [0.3, 0.4) is 0 Å². The number of rotatable bonds is 5. The summed E-state index contributed by atoms with van der Waals surface area (Å²) in [5.41, 5.74) is 1.40. The molecule has 2 N–H and O–H groups in total. The maximum atomic E-state index is 13.1. The number of hydrogen-bond donors (Lipinski definition) is 2. The smallest absolute Gasteiger partial charge is 0.279 e. The molecule has 9 heteroatoms. The van der Waals surface area contributed by atoms with Crippen molar-refractivity contribution >= 4 is 34.6 Å². The maximum absolute atomic E-state index is 13.1. The van der Waals surface area contributed by atoms with E-state index in [1.807, 2.05) is 0 Å². The second-order valence-corrected chi connectivity index (χ2v) is 6.77. The number of nitro benzene ring substituents is 1. The van der Waals surface area contributed by atoms with Gasteiger partial charge in [-0.2, -0.15) is 0 Å². The van der Waals surface area contributed by atoms with E-state index in [0.29, 0.717) is 12.2 Å². The number of nitro groups is 1. The number of non-ortho nitro benzene ring substituents is 1. The second-order valence-electron chi connectivity index (χ2n) is 6.36. The molecule has 1 aliphatic rings. The van der Waals surface area contributed by atoms with Gasteiger partial charge in [0.15, 0.2) is 6.54 Å². The topological polar surface area (TPSA) is 79.9 Å². The first-order chi connectivity index (χ1) is 12.9. The third-order valence-electron chi connectivity index (χ3n) is 4.51. The van der Waals surface area contributed by atoms with Crippen molar-refractivity contribution in [3.63, 3.8) is 0 Å². The number of nitrogens with one attached hydrogen (secondary N) is 2. The molecule has 0 spiro atoms. The Morgan fingerprint density at radius 1 is 1.22 bits per heavy atom. The molecule has 0 atom stereocenters. The Kier molecular flexibility index (Phi) is 5.88.